The molecule has 1 aromatic heterocycles. The highest BCUT2D eigenvalue weighted by Crippen LogP contribution is 2.37. The second-order valence-electron chi connectivity index (χ2n) is 6.94. The Morgan fingerprint density at radius 2 is 1.79 bits per heavy atom. The molecule has 0 aliphatic carbocycles. The van der Waals surface area contributed by atoms with E-state index in [9.17, 15) is 4.79 Å². The first-order valence-electron chi connectivity index (χ1n) is 7.88. The Bertz CT molecular complexity index is 798. The summed E-state index contributed by atoms with van der Waals surface area (Å²) in [5.74, 6) is 0.626. The van der Waals surface area contributed by atoms with Gasteiger partial charge in [-0.25, -0.2) is 0 Å². The summed E-state index contributed by atoms with van der Waals surface area (Å²) in [5.41, 5.74) is 0.303. The Morgan fingerprint density at radius 3 is 2.42 bits per heavy atom. The standard InChI is InChI=1S/C17H22BNO5/c1-16(2)17(3,4)24-18(23-16)13-9-12(22-10-21-5)8-11-6-7-14(20)19-15(11)13/h6-9H,10H2,1-5H3,(H,19,20). The Morgan fingerprint density at radius 1 is 1.12 bits per heavy atom. The zero-order valence-corrected chi connectivity index (χ0v) is 14.6. The van der Waals surface area contributed by atoms with E-state index in [4.69, 9.17) is 18.8 Å². The van der Waals surface area contributed by atoms with Crippen LogP contribution in [0.15, 0.2) is 29.1 Å². The molecule has 6 nitrogen and oxygen atoms in total. The van der Waals surface area contributed by atoms with Crippen LogP contribution in [-0.4, -0.2) is 37.2 Å². The van der Waals surface area contributed by atoms with Crippen molar-refractivity contribution in [3.8, 4) is 5.75 Å². The van der Waals surface area contributed by atoms with Crippen molar-refractivity contribution in [1.29, 1.82) is 0 Å². The van der Waals surface area contributed by atoms with Crippen LogP contribution in [-0.2, 0) is 14.0 Å². The summed E-state index contributed by atoms with van der Waals surface area (Å²) in [6, 6.07) is 6.90. The van der Waals surface area contributed by atoms with Crippen LogP contribution in [0.5, 0.6) is 5.75 Å². The third-order valence-corrected chi connectivity index (χ3v) is 4.69. The van der Waals surface area contributed by atoms with Crippen LogP contribution < -0.4 is 15.8 Å². The third kappa shape index (κ3) is 2.95. The minimum atomic E-state index is -0.596. The van der Waals surface area contributed by atoms with Gasteiger partial charge in [0.05, 0.1) is 11.2 Å². The fourth-order valence-electron chi connectivity index (χ4n) is 2.63. The number of H-pyrrole nitrogens is 1. The Balaban J connectivity index is 2.11. The van der Waals surface area contributed by atoms with E-state index in [1.54, 1.807) is 13.2 Å². The first-order valence-corrected chi connectivity index (χ1v) is 7.88. The average Bonchev–Trinajstić information content (AvgIpc) is 2.72. The average molecular weight is 331 g/mol. The second kappa shape index (κ2) is 5.91. The maximum Gasteiger partial charge on any atom is 0.497 e. The van der Waals surface area contributed by atoms with Crippen LogP contribution in [0.1, 0.15) is 27.7 Å². The van der Waals surface area contributed by atoms with Gasteiger partial charge in [-0.15, -0.1) is 0 Å². The lowest BCUT2D eigenvalue weighted by Crippen LogP contribution is -2.41. The first kappa shape index (κ1) is 17.0. The summed E-state index contributed by atoms with van der Waals surface area (Å²) in [4.78, 5) is 14.6. The molecule has 0 bridgehead atoms. The fraction of sp³-hybridized carbons (Fsp3) is 0.471. The number of fused-ring (bicyclic) bond motifs is 1. The van der Waals surface area contributed by atoms with Gasteiger partial charge >= 0.3 is 7.12 Å². The van der Waals surface area contributed by atoms with Crippen molar-refractivity contribution in [1.82, 2.24) is 4.98 Å². The van der Waals surface area contributed by atoms with Gasteiger partial charge in [0.1, 0.15) is 5.75 Å². The smallest absolute Gasteiger partial charge is 0.468 e. The topological polar surface area (TPSA) is 69.8 Å². The third-order valence-electron chi connectivity index (χ3n) is 4.69. The van der Waals surface area contributed by atoms with E-state index in [0.717, 1.165) is 10.8 Å². The van der Waals surface area contributed by atoms with Crippen LogP contribution in [0, 0.1) is 0 Å². The molecule has 1 saturated heterocycles. The lowest BCUT2D eigenvalue weighted by Gasteiger charge is -2.32. The van der Waals surface area contributed by atoms with Crippen LogP contribution >= 0.6 is 0 Å². The van der Waals surface area contributed by atoms with Gasteiger partial charge in [0.2, 0.25) is 5.56 Å². The number of hydrogen-bond donors (Lipinski definition) is 1. The Hall–Kier alpha value is -1.83. The Kier molecular flexibility index (Phi) is 4.19. The van der Waals surface area contributed by atoms with E-state index in [1.807, 2.05) is 39.8 Å². The van der Waals surface area contributed by atoms with Gasteiger partial charge in [0, 0.05) is 29.5 Å². The van der Waals surface area contributed by atoms with E-state index >= 15 is 0 Å². The molecule has 0 saturated carbocycles. The van der Waals surface area contributed by atoms with Crippen molar-refractivity contribution >= 4 is 23.5 Å². The van der Waals surface area contributed by atoms with Gasteiger partial charge in [-0.3, -0.25) is 4.79 Å². The number of methoxy groups -OCH3 is 1. The molecule has 0 amide bonds. The van der Waals surface area contributed by atoms with Crippen molar-refractivity contribution < 1.29 is 18.8 Å². The maximum absolute atomic E-state index is 11.8. The zero-order valence-electron chi connectivity index (χ0n) is 14.6. The van der Waals surface area contributed by atoms with Crippen LogP contribution in [0.3, 0.4) is 0 Å². The van der Waals surface area contributed by atoms with Gasteiger partial charge in [-0.2, -0.15) is 0 Å². The predicted octanol–water partition coefficient (Wildman–Crippen LogP) is 1.81. The highest BCUT2D eigenvalue weighted by Gasteiger charge is 2.52. The summed E-state index contributed by atoms with van der Waals surface area (Å²) in [5, 5.41) is 0.841. The number of ether oxygens (including phenoxy) is 2. The molecule has 0 radical (unpaired) electrons. The molecule has 2 heterocycles. The quantitative estimate of drug-likeness (QED) is 0.683. The van der Waals surface area contributed by atoms with E-state index < -0.39 is 18.3 Å². The lowest BCUT2D eigenvalue weighted by molar-refractivity contribution is 0.00578. The molecular weight excluding hydrogens is 309 g/mol. The molecule has 1 aliphatic heterocycles. The predicted molar refractivity (Wildman–Crippen MR) is 92.8 cm³/mol. The molecular formula is C17H22BNO5. The normalized spacial score (nSPS) is 19.0. The number of rotatable bonds is 4. The molecule has 2 aromatic rings. The molecule has 1 fully saturated rings. The van der Waals surface area contributed by atoms with Gasteiger partial charge < -0.3 is 23.8 Å². The summed E-state index contributed by atoms with van der Waals surface area (Å²) in [6.45, 7) is 8.09. The summed E-state index contributed by atoms with van der Waals surface area (Å²) in [7, 11) is 0.967. The van der Waals surface area contributed by atoms with Crippen LogP contribution in [0.2, 0.25) is 0 Å². The first-order chi connectivity index (χ1) is 11.2. The molecule has 7 heteroatoms. The lowest BCUT2D eigenvalue weighted by atomic mass is 9.77. The van der Waals surface area contributed by atoms with Crippen molar-refractivity contribution in [2.75, 3.05) is 13.9 Å². The summed E-state index contributed by atoms with van der Waals surface area (Å²) >= 11 is 0. The molecule has 1 aromatic carbocycles. The molecule has 0 atom stereocenters. The highest BCUT2D eigenvalue weighted by atomic mass is 16.7. The van der Waals surface area contributed by atoms with Gasteiger partial charge in [-0.05, 0) is 45.9 Å². The molecule has 128 valence electrons. The summed E-state index contributed by atoms with van der Waals surface area (Å²) < 4.78 is 22.8. The minimum Gasteiger partial charge on any atom is -0.468 e. The van der Waals surface area contributed by atoms with Gasteiger partial charge in [0.25, 0.3) is 0 Å². The van der Waals surface area contributed by atoms with E-state index in [-0.39, 0.29) is 12.4 Å². The number of aromatic amines is 1. The number of aromatic nitrogens is 1. The summed E-state index contributed by atoms with van der Waals surface area (Å²) in [6.07, 6.45) is 0. The number of nitrogens with one attached hydrogen (secondary N) is 1. The molecule has 0 spiro atoms. The fourth-order valence-corrected chi connectivity index (χ4v) is 2.63. The number of benzene rings is 1. The van der Waals surface area contributed by atoms with Crippen molar-refractivity contribution in [2.45, 2.75) is 38.9 Å². The zero-order chi connectivity index (χ0) is 17.5. The molecule has 0 unspecified atom stereocenters. The Labute approximate surface area is 141 Å². The highest BCUT2D eigenvalue weighted by molar-refractivity contribution is 6.65. The minimum absolute atomic E-state index is 0.137. The number of pyridine rings is 1. The van der Waals surface area contributed by atoms with E-state index in [1.165, 1.54) is 6.07 Å². The molecule has 24 heavy (non-hydrogen) atoms. The van der Waals surface area contributed by atoms with Crippen molar-refractivity contribution in [3.05, 3.63) is 34.6 Å². The van der Waals surface area contributed by atoms with Crippen molar-refractivity contribution in [3.63, 3.8) is 0 Å². The molecule has 1 aliphatic rings. The van der Waals surface area contributed by atoms with E-state index in [0.29, 0.717) is 11.3 Å². The molecule has 1 N–H and O–H groups in total. The number of hydrogen-bond acceptors (Lipinski definition) is 5. The largest absolute Gasteiger partial charge is 0.497 e. The van der Waals surface area contributed by atoms with Crippen molar-refractivity contribution in [2.24, 2.45) is 0 Å². The van der Waals surface area contributed by atoms with E-state index in [2.05, 4.69) is 4.98 Å². The van der Waals surface area contributed by atoms with Crippen LogP contribution in [0.25, 0.3) is 10.9 Å². The van der Waals surface area contributed by atoms with Gasteiger partial charge in [0.15, 0.2) is 6.79 Å². The van der Waals surface area contributed by atoms with Crippen LogP contribution in [0.4, 0.5) is 0 Å². The SMILES string of the molecule is COCOc1cc(B2OC(C)(C)C(C)(C)O2)c2[nH]c(=O)ccc2c1. The van der Waals surface area contributed by atoms with Gasteiger partial charge in [-0.1, -0.05) is 0 Å². The molecule has 3 rings (SSSR count). The maximum atomic E-state index is 11.8. The second-order valence-corrected chi connectivity index (χ2v) is 6.94. The monoisotopic (exact) mass is 331 g/mol.